The summed E-state index contributed by atoms with van der Waals surface area (Å²) in [6, 6.07) is 15.4. The molecular weight excluding hydrogens is 232 g/mol. The van der Waals surface area contributed by atoms with Crippen LogP contribution >= 0.6 is 0 Å². The third-order valence-electron chi connectivity index (χ3n) is 4.29. The van der Waals surface area contributed by atoms with E-state index in [0.29, 0.717) is 6.10 Å². The fourth-order valence-corrected chi connectivity index (χ4v) is 3.07. The molecule has 3 aromatic rings. The van der Waals surface area contributed by atoms with E-state index < -0.39 is 0 Å². The first-order chi connectivity index (χ1) is 9.25. The summed E-state index contributed by atoms with van der Waals surface area (Å²) in [5, 5.41) is 5.45. The maximum atomic E-state index is 5.40. The first-order valence-corrected chi connectivity index (χ1v) is 6.79. The van der Waals surface area contributed by atoms with Gasteiger partial charge in [-0.1, -0.05) is 36.4 Å². The third-order valence-corrected chi connectivity index (χ3v) is 4.29. The fourth-order valence-electron chi connectivity index (χ4n) is 3.07. The highest BCUT2D eigenvalue weighted by molar-refractivity contribution is 6.05. The highest BCUT2D eigenvalue weighted by atomic mass is 16.6. The predicted octanol–water partition coefficient (Wildman–Crippen LogP) is 4.68. The first kappa shape index (κ1) is 11.0. The van der Waals surface area contributed by atoms with Crippen molar-refractivity contribution in [2.24, 2.45) is 0 Å². The van der Waals surface area contributed by atoms with E-state index in [9.17, 15) is 0 Å². The second-order valence-electron chi connectivity index (χ2n) is 5.42. The van der Waals surface area contributed by atoms with Crippen molar-refractivity contribution < 1.29 is 4.74 Å². The minimum atomic E-state index is 0.329. The Morgan fingerprint density at radius 3 is 2.05 bits per heavy atom. The Hall–Kier alpha value is -1.86. The third kappa shape index (κ3) is 1.58. The molecule has 0 aromatic heterocycles. The van der Waals surface area contributed by atoms with Crippen LogP contribution in [0.5, 0.6) is 0 Å². The van der Waals surface area contributed by atoms with Crippen LogP contribution in [0.4, 0.5) is 0 Å². The Labute approximate surface area is 112 Å². The number of rotatable bonds is 1. The summed E-state index contributed by atoms with van der Waals surface area (Å²) in [6.07, 6.45) is 0.329. The normalized spacial score (nSPS) is 18.1. The van der Waals surface area contributed by atoms with Gasteiger partial charge in [-0.3, -0.25) is 0 Å². The highest BCUT2D eigenvalue weighted by Gasteiger charge is 2.25. The van der Waals surface area contributed by atoms with Crippen molar-refractivity contribution in [3.63, 3.8) is 0 Å². The van der Waals surface area contributed by atoms with Crippen LogP contribution in [0.15, 0.2) is 42.5 Å². The van der Waals surface area contributed by atoms with Crippen molar-refractivity contribution in [2.75, 3.05) is 6.61 Å². The molecule has 1 atom stereocenters. The van der Waals surface area contributed by atoms with Gasteiger partial charge in [0.2, 0.25) is 0 Å². The molecule has 0 amide bonds. The molecule has 1 nitrogen and oxygen atoms in total. The Kier molecular flexibility index (Phi) is 2.21. The summed E-state index contributed by atoms with van der Waals surface area (Å²) in [5.74, 6) is 0. The Bertz CT molecular complexity index is 797. The van der Waals surface area contributed by atoms with E-state index in [2.05, 4.69) is 56.3 Å². The van der Waals surface area contributed by atoms with E-state index in [1.54, 1.807) is 0 Å². The van der Waals surface area contributed by atoms with Gasteiger partial charge in [0, 0.05) is 0 Å². The molecule has 94 valence electrons. The Morgan fingerprint density at radius 1 is 0.842 bits per heavy atom. The lowest BCUT2D eigenvalue weighted by Crippen LogP contribution is -1.90. The maximum Gasteiger partial charge on any atom is 0.106 e. The maximum absolute atomic E-state index is 5.40. The zero-order valence-corrected chi connectivity index (χ0v) is 11.2. The lowest BCUT2D eigenvalue weighted by molar-refractivity contribution is 0.416. The second kappa shape index (κ2) is 3.82. The van der Waals surface area contributed by atoms with Crippen LogP contribution in [0, 0.1) is 13.8 Å². The fraction of sp³-hybridized carbons (Fsp3) is 0.222. The van der Waals surface area contributed by atoms with Gasteiger partial charge < -0.3 is 4.74 Å². The van der Waals surface area contributed by atoms with Gasteiger partial charge in [-0.15, -0.1) is 0 Å². The van der Waals surface area contributed by atoms with E-state index in [4.69, 9.17) is 4.74 Å². The van der Waals surface area contributed by atoms with Gasteiger partial charge in [0.1, 0.15) is 6.10 Å². The van der Waals surface area contributed by atoms with Gasteiger partial charge >= 0.3 is 0 Å². The summed E-state index contributed by atoms with van der Waals surface area (Å²) in [7, 11) is 0. The lowest BCUT2D eigenvalue weighted by atomic mass is 9.92. The van der Waals surface area contributed by atoms with Crippen LogP contribution in [0.25, 0.3) is 21.5 Å². The predicted molar refractivity (Wildman–Crippen MR) is 79.6 cm³/mol. The van der Waals surface area contributed by atoms with Gasteiger partial charge in [0.05, 0.1) is 6.61 Å². The molecule has 1 saturated heterocycles. The van der Waals surface area contributed by atoms with Crippen LogP contribution < -0.4 is 0 Å². The first-order valence-electron chi connectivity index (χ1n) is 6.79. The van der Waals surface area contributed by atoms with E-state index in [0.717, 1.165) is 6.61 Å². The van der Waals surface area contributed by atoms with E-state index in [1.807, 2.05) is 0 Å². The molecule has 1 fully saturated rings. The zero-order valence-electron chi connectivity index (χ0n) is 11.2. The largest absolute Gasteiger partial charge is 0.368 e. The van der Waals surface area contributed by atoms with Crippen molar-refractivity contribution in [1.82, 2.24) is 0 Å². The zero-order chi connectivity index (χ0) is 13.0. The number of benzene rings is 3. The summed E-state index contributed by atoms with van der Waals surface area (Å²) in [5.41, 5.74) is 4.06. The SMILES string of the molecule is Cc1c2ccccc2c(C)c2cc(C3CO3)ccc12. The lowest BCUT2D eigenvalue weighted by Gasteiger charge is -2.12. The molecule has 1 heterocycles. The van der Waals surface area contributed by atoms with Gasteiger partial charge in [-0.25, -0.2) is 0 Å². The molecule has 1 aliphatic rings. The Balaban J connectivity index is 2.15. The van der Waals surface area contributed by atoms with E-state index in [-0.39, 0.29) is 0 Å². The van der Waals surface area contributed by atoms with Crippen molar-refractivity contribution in [3.05, 3.63) is 59.2 Å². The van der Waals surface area contributed by atoms with Crippen molar-refractivity contribution >= 4 is 21.5 Å². The molecule has 4 rings (SSSR count). The van der Waals surface area contributed by atoms with Gasteiger partial charge in [0.25, 0.3) is 0 Å². The summed E-state index contributed by atoms with van der Waals surface area (Å²) < 4.78 is 5.40. The number of hydrogen-bond acceptors (Lipinski definition) is 1. The van der Waals surface area contributed by atoms with Crippen molar-refractivity contribution in [3.8, 4) is 0 Å². The molecule has 1 aliphatic heterocycles. The average molecular weight is 248 g/mol. The molecule has 0 saturated carbocycles. The molecule has 0 N–H and O–H groups in total. The molecule has 0 bridgehead atoms. The molecule has 0 spiro atoms. The minimum Gasteiger partial charge on any atom is -0.368 e. The Morgan fingerprint density at radius 2 is 1.42 bits per heavy atom. The summed E-state index contributed by atoms with van der Waals surface area (Å²) in [4.78, 5) is 0. The van der Waals surface area contributed by atoms with Gasteiger partial charge in [0.15, 0.2) is 0 Å². The number of epoxide rings is 1. The van der Waals surface area contributed by atoms with E-state index >= 15 is 0 Å². The summed E-state index contributed by atoms with van der Waals surface area (Å²) in [6.45, 7) is 5.32. The van der Waals surface area contributed by atoms with Crippen LogP contribution in [0.1, 0.15) is 22.8 Å². The average Bonchev–Trinajstić information content (AvgIpc) is 3.29. The molecule has 19 heavy (non-hydrogen) atoms. The minimum absolute atomic E-state index is 0.329. The van der Waals surface area contributed by atoms with E-state index in [1.165, 1.54) is 38.2 Å². The summed E-state index contributed by atoms with van der Waals surface area (Å²) >= 11 is 0. The van der Waals surface area contributed by atoms with Crippen LogP contribution in [-0.4, -0.2) is 6.61 Å². The standard InChI is InChI=1S/C18H16O/c1-11-14-5-3-4-6-15(14)12(2)17-9-13(18-10-19-18)7-8-16(11)17/h3-9,18H,10H2,1-2H3. The highest BCUT2D eigenvalue weighted by Crippen LogP contribution is 2.36. The molecule has 1 heteroatoms. The number of ether oxygens (including phenoxy) is 1. The molecule has 0 aliphatic carbocycles. The van der Waals surface area contributed by atoms with Crippen molar-refractivity contribution in [2.45, 2.75) is 20.0 Å². The van der Waals surface area contributed by atoms with Gasteiger partial charge in [-0.05, 0) is 58.1 Å². The molecule has 1 unspecified atom stereocenters. The number of fused-ring (bicyclic) bond motifs is 2. The van der Waals surface area contributed by atoms with Crippen molar-refractivity contribution in [1.29, 1.82) is 0 Å². The monoisotopic (exact) mass is 248 g/mol. The number of aryl methyl sites for hydroxylation is 2. The quantitative estimate of drug-likeness (QED) is 0.450. The number of hydrogen-bond donors (Lipinski definition) is 0. The smallest absolute Gasteiger partial charge is 0.106 e. The van der Waals surface area contributed by atoms with Crippen LogP contribution in [0.2, 0.25) is 0 Å². The van der Waals surface area contributed by atoms with Crippen LogP contribution in [-0.2, 0) is 4.74 Å². The topological polar surface area (TPSA) is 12.5 Å². The van der Waals surface area contributed by atoms with Crippen LogP contribution in [0.3, 0.4) is 0 Å². The van der Waals surface area contributed by atoms with Gasteiger partial charge in [-0.2, -0.15) is 0 Å². The molecular formula is C18H16O. The molecule has 3 aromatic carbocycles. The molecule has 0 radical (unpaired) electrons. The second-order valence-corrected chi connectivity index (χ2v) is 5.42.